The molecule has 1 atom stereocenters. The van der Waals surface area contributed by atoms with Crippen LogP contribution >= 0.6 is 0 Å². The van der Waals surface area contributed by atoms with Gasteiger partial charge in [-0.3, -0.25) is 0 Å². The lowest BCUT2D eigenvalue weighted by Crippen LogP contribution is -2.01. The van der Waals surface area contributed by atoms with Crippen molar-refractivity contribution >= 4 is 12.2 Å². The molecule has 1 rings (SSSR count). The third-order valence-corrected chi connectivity index (χ3v) is 4.20. The molecule has 1 aromatic rings. The maximum Gasteiger partial charge on any atom is 0.0724 e. The zero-order chi connectivity index (χ0) is 18.2. The zero-order valence-corrected chi connectivity index (χ0v) is 15.7. The number of pyridine rings is 1. The monoisotopic (exact) mass is 345 g/mol. The molecular formula is C22H35NO2. The lowest BCUT2D eigenvalue weighted by atomic mass is 10.1. The van der Waals surface area contributed by atoms with Gasteiger partial charge >= 0.3 is 0 Å². The average Bonchev–Trinajstić information content (AvgIpc) is 2.63. The lowest BCUT2D eigenvalue weighted by Gasteiger charge is -2.05. The van der Waals surface area contributed by atoms with E-state index in [0.717, 1.165) is 43.5 Å². The minimum absolute atomic E-state index is 0.257. The minimum atomic E-state index is -0.384. The molecule has 0 radical (unpaired) electrons. The van der Waals surface area contributed by atoms with Gasteiger partial charge in [0.25, 0.3) is 0 Å². The third kappa shape index (κ3) is 11.7. The number of allylic oxidation sites excluding steroid dienone is 1. The summed E-state index contributed by atoms with van der Waals surface area (Å²) < 4.78 is 0. The molecule has 0 bridgehead atoms. The van der Waals surface area contributed by atoms with Crippen LogP contribution in [-0.4, -0.2) is 27.9 Å². The van der Waals surface area contributed by atoms with Gasteiger partial charge in [-0.1, -0.05) is 63.7 Å². The summed E-state index contributed by atoms with van der Waals surface area (Å²) in [5.74, 6) is 0. The first-order valence-electron chi connectivity index (χ1n) is 9.87. The molecule has 25 heavy (non-hydrogen) atoms. The maximum atomic E-state index is 10.1. The number of hydrogen-bond donors (Lipinski definition) is 2. The Morgan fingerprint density at radius 1 is 0.960 bits per heavy atom. The summed E-state index contributed by atoms with van der Waals surface area (Å²) in [7, 11) is 0. The van der Waals surface area contributed by atoms with Crippen molar-refractivity contribution < 1.29 is 10.2 Å². The first-order chi connectivity index (χ1) is 12.3. The second-order valence-corrected chi connectivity index (χ2v) is 6.59. The topological polar surface area (TPSA) is 53.4 Å². The summed E-state index contributed by atoms with van der Waals surface area (Å²) in [5.41, 5.74) is 1.80. The van der Waals surface area contributed by atoms with E-state index >= 15 is 0 Å². The van der Waals surface area contributed by atoms with Gasteiger partial charge in [0.1, 0.15) is 0 Å². The molecule has 1 heterocycles. The predicted molar refractivity (Wildman–Crippen MR) is 107 cm³/mol. The van der Waals surface area contributed by atoms with Crippen LogP contribution in [0.3, 0.4) is 0 Å². The molecule has 0 aliphatic heterocycles. The lowest BCUT2D eigenvalue weighted by molar-refractivity contribution is 0.208. The molecule has 0 saturated carbocycles. The highest BCUT2D eigenvalue weighted by molar-refractivity contribution is 5.50. The van der Waals surface area contributed by atoms with Crippen molar-refractivity contribution in [2.24, 2.45) is 0 Å². The fourth-order valence-corrected chi connectivity index (χ4v) is 2.67. The van der Waals surface area contributed by atoms with Gasteiger partial charge in [-0.15, -0.1) is 0 Å². The molecule has 140 valence electrons. The SMILES string of the molecule is CCCCCCCCC(O)C=Cc1cccc(C=CCCCCO)n1. The van der Waals surface area contributed by atoms with E-state index in [2.05, 4.69) is 18.0 Å². The van der Waals surface area contributed by atoms with E-state index < -0.39 is 0 Å². The zero-order valence-electron chi connectivity index (χ0n) is 15.7. The van der Waals surface area contributed by atoms with Gasteiger partial charge in [-0.2, -0.15) is 0 Å². The van der Waals surface area contributed by atoms with E-state index in [9.17, 15) is 5.11 Å². The van der Waals surface area contributed by atoms with Crippen LogP contribution in [0.1, 0.15) is 82.5 Å². The van der Waals surface area contributed by atoms with Gasteiger partial charge in [0.15, 0.2) is 0 Å². The third-order valence-electron chi connectivity index (χ3n) is 4.20. The van der Waals surface area contributed by atoms with E-state index in [1.165, 1.54) is 32.1 Å². The summed E-state index contributed by atoms with van der Waals surface area (Å²) in [4.78, 5) is 4.56. The number of hydrogen-bond acceptors (Lipinski definition) is 3. The van der Waals surface area contributed by atoms with Crippen LogP contribution in [0.25, 0.3) is 12.2 Å². The first-order valence-corrected chi connectivity index (χ1v) is 9.87. The molecule has 0 spiro atoms. The molecule has 1 aromatic heterocycles. The molecule has 2 N–H and O–H groups in total. The smallest absolute Gasteiger partial charge is 0.0724 e. The summed E-state index contributed by atoms with van der Waals surface area (Å²) in [6, 6.07) is 5.92. The summed E-state index contributed by atoms with van der Waals surface area (Å²) in [6.45, 7) is 2.48. The largest absolute Gasteiger partial charge is 0.396 e. The Morgan fingerprint density at radius 2 is 1.68 bits per heavy atom. The van der Waals surface area contributed by atoms with Crippen LogP contribution in [0.2, 0.25) is 0 Å². The Kier molecular flexibility index (Phi) is 12.8. The Morgan fingerprint density at radius 3 is 2.44 bits per heavy atom. The highest BCUT2D eigenvalue weighted by Crippen LogP contribution is 2.11. The number of aliphatic hydroxyl groups excluding tert-OH is 2. The van der Waals surface area contributed by atoms with Crippen molar-refractivity contribution in [1.82, 2.24) is 4.98 Å². The standard InChI is InChI=1S/C22H35NO2/c1-2-3-4-5-6-10-16-22(25)18-17-21-15-12-14-20(23-21)13-9-7-8-11-19-24/h9,12-15,17-18,22,24-25H,2-8,10-11,16,19H2,1H3. The molecule has 0 aliphatic carbocycles. The van der Waals surface area contributed by atoms with E-state index in [0.29, 0.717) is 0 Å². The van der Waals surface area contributed by atoms with Crippen molar-refractivity contribution in [3.63, 3.8) is 0 Å². The van der Waals surface area contributed by atoms with E-state index in [1.807, 2.05) is 36.4 Å². The molecule has 0 aliphatic rings. The average molecular weight is 346 g/mol. The van der Waals surface area contributed by atoms with E-state index in [4.69, 9.17) is 5.11 Å². The van der Waals surface area contributed by atoms with Gasteiger partial charge in [0.2, 0.25) is 0 Å². The Balaban J connectivity index is 2.32. The van der Waals surface area contributed by atoms with E-state index in [1.54, 1.807) is 0 Å². The highest BCUT2D eigenvalue weighted by Gasteiger charge is 2.00. The van der Waals surface area contributed by atoms with Gasteiger partial charge in [0.05, 0.1) is 17.5 Å². The number of aromatic nitrogens is 1. The first kappa shape index (κ1) is 21.6. The summed E-state index contributed by atoms with van der Waals surface area (Å²) >= 11 is 0. The Hall–Kier alpha value is -1.45. The van der Waals surface area contributed by atoms with Gasteiger partial charge < -0.3 is 10.2 Å². The Labute approximate surface area is 153 Å². The molecule has 0 amide bonds. The Bertz CT molecular complexity index is 497. The van der Waals surface area contributed by atoms with Crippen LogP contribution < -0.4 is 0 Å². The number of nitrogens with zero attached hydrogens (tertiary/aromatic N) is 1. The predicted octanol–water partition coefficient (Wildman–Crippen LogP) is 5.38. The quantitative estimate of drug-likeness (QED) is 0.445. The molecule has 0 aromatic carbocycles. The summed E-state index contributed by atoms with van der Waals surface area (Å²) in [6.07, 6.45) is 18.6. The summed E-state index contributed by atoms with van der Waals surface area (Å²) in [5, 5.41) is 18.8. The fraction of sp³-hybridized carbons (Fsp3) is 0.591. The van der Waals surface area contributed by atoms with Crippen molar-refractivity contribution in [3.8, 4) is 0 Å². The van der Waals surface area contributed by atoms with Crippen molar-refractivity contribution in [2.75, 3.05) is 6.61 Å². The van der Waals surface area contributed by atoms with Crippen LogP contribution in [0.5, 0.6) is 0 Å². The van der Waals surface area contributed by atoms with Gasteiger partial charge in [-0.05, 0) is 50.0 Å². The normalized spacial score (nSPS) is 13.1. The number of aliphatic hydroxyl groups is 2. The van der Waals surface area contributed by atoms with Crippen LogP contribution in [0.4, 0.5) is 0 Å². The number of rotatable bonds is 14. The highest BCUT2D eigenvalue weighted by atomic mass is 16.3. The van der Waals surface area contributed by atoms with Crippen molar-refractivity contribution in [1.29, 1.82) is 0 Å². The second kappa shape index (κ2) is 14.9. The van der Waals surface area contributed by atoms with Crippen molar-refractivity contribution in [3.05, 3.63) is 41.7 Å². The minimum Gasteiger partial charge on any atom is -0.396 e. The number of unbranched alkanes of at least 4 members (excludes halogenated alkanes) is 7. The maximum absolute atomic E-state index is 10.1. The molecular weight excluding hydrogens is 310 g/mol. The molecule has 1 unspecified atom stereocenters. The molecule has 3 nitrogen and oxygen atoms in total. The van der Waals surface area contributed by atoms with Crippen LogP contribution in [-0.2, 0) is 0 Å². The molecule has 0 fully saturated rings. The van der Waals surface area contributed by atoms with Crippen LogP contribution in [0, 0.1) is 0 Å². The molecule has 0 saturated heterocycles. The molecule has 3 heteroatoms. The van der Waals surface area contributed by atoms with Gasteiger partial charge in [-0.25, -0.2) is 4.98 Å². The fourth-order valence-electron chi connectivity index (χ4n) is 2.67. The van der Waals surface area contributed by atoms with Crippen LogP contribution in [0.15, 0.2) is 30.4 Å². The van der Waals surface area contributed by atoms with Gasteiger partial charge in [0, 0.05) is 6.61 Å². The van der Waals surface area contributed by atoms with E-state index in [-0.39, 0.29) is 12.7 Å². The van der Waals surface area contributed by atoms with Crippen molar-refractivity contribution in [2.45, 2.75) is 77.2 Å². The second-order valence-electron chi connectivity index (χ2n) is 6.59.